The molecular weight excluding hydrogens is 316 g/mol. The molecule has 1 amide bonds. The van der Waals surface area contributed by atoms with E-state index in [0.717, 1.165) is 43.5 Å². The maximum atomic E-state index is 12.9. The van der Waals surface area contributed by atoms with Crippen molar-refractivity contribution in [2.75, 3.05) is 25.4 Å². The van der Waals surface area contributed by atoms with Gasteiger partial charge in [-0.15, -0.1) is 0 Å². The van der Waals surface area contributed by atoms with E-state index in [9.17, 15) is 4.79 Å². The monoisotopic (exact) mass is 340 g/mol. The zero-order valence-electron chi connectivity index (χ0n) is 14.5. The lowest BCUT2D eigenvalue weighted by molar-refractivity contribution is 0.00210. The van der Waals surface area contributed by atoms with Gasteiger partial charge in [0.1, 0.15) is 5.82 Å². The molecule has 0 aromatic carbocycles. The standard InChI is InChI=1S/C19H24N4O2/c1-2-8-25-17-4-3-7-23(13-17)19(24)16-9-15(10-21-11-16)14-5-6-18(20)22-12-14/h5-6,9-12,17H,2-4,7-8,13H2,1H3,(H2,20,22)/t17-/m0/s1. The molecule has 0 bridgehead atoms. The predicted octanol–water partition coefficient (Wildman–Crippen LogP) is 2.76. The van der Waals surface area contributed by atoms with Crippen molar-refractivity contribution < 1.29 is 9.53 Å². The first-order chi connectivity index (χ1) is 12.2. The average molecular weight is 340 g/mol. The van der Waals surface area contributed by atoms with Crippen LogP contribution in [0.2, 0.25) is 0 Å². The van der Waals surface area contributed by atoms with Crippen LogP contribution in [0.5, 0.6) is 0 Å². The topological polar surface area (TPSA) is 81.3 Å². The number of pyridine rings is 2. The lowest BCUT2D eigenvalue weighted by atomic mass is 10.0. The third kappa shape index (κ3) is 4.33. The third-order valence-corrected chi connectivity index (χ3v) is 4.33. The summed E-state index contributed by atoms with van der Waals surface area (Å²) in [7, 11) is 0. The fourth-order valence-corrected chi connectivity index (χ4v) is 3.02. The van der Waals surface area contributed by atoms with Crippen molar-refractivity contribution in [3.05, 3.63) is 42.4 Å². The van der Waals surface area contributed by atoms with E-state index in [0.29, 0.717) is 17.9 Å². The van der Waals surface area contributed by atoms with Gasteiger partial charge in [0.2, 0.25) is 0 Å². The Morgan fingerprint density at radius 3 is 2.96 bits per heavy atom. The van der Waals surface area contributed by atoms with Crippen LogP contribution in [-0.2, 0) is 4.74 Å². The summed E-state index contributed by atoms with van der Waals surface area (Å²) < 4.78 is 5.82. The number of hydrogen-bond acceptors (Lipinski definition) is 5. The number of nitrogens with zero attached hydrogens (tertiary/aromatic N) is 3. The number of aromatic nitrogens is 2. The second-order valence-corrected chi connectivity index (χ2v) is 6.32. The zero-order chi connectivity index (χ0) is 17.6. The molecule has 1 fully saturated rings. The highest BCUT2D eigenvalue weighted by Crippen LogP contribution is 2.21. The number of amides is 1. The number of nitrogens with two attached hydrogens (primary N) is 1. The summed E-state index contributed by atoms with van der Waals surface area (Å²) in [5, 5.41) is 0. The molecule has 0 aliphatic carbocycles. The van der Waals surface area contributed by atoms with Gasteiger partial charge < -0.3 is 15.4 Å². The van der Waals surface area contributed by atoms with Crippen LogP contribution in [-0.4, -0.2) is 46.6 Å². The summed E-state index contributed by atoms with van der Waals surface area (Å²) in [5.74, 6) is 0.470. The van der Waals surface area contributed by atoms with Crippen molar-refractivity contribution in [1.82, 2.24) is 14.9 Å². The second kappa shape index (κ2) is 8.07. The van der Waals surface area contributed by atoms with Crippen LogP contribution < -0.4 is 5.73 Å². The molecule has 1 aliphatic rings. The van der Waals surface area contributed by atoms with Crippen molar-refractivity contribution in [3.63, 3.8) is 0 Å². The smallest absolute Gasteiger partial charge is 0.255 e. The number of ether oxygens (including phenoxy) is 1. The van der Waals surface area contributed by atoms with Gasteiger partial charge in [0.05, 0.1) is 11.7 Å². The Bertz CT molecular complexity index is 718. The molecule has 3 heterocycles. The fourth-order valence-electron chi connectivity index (χ4n) is 3.02. The maximum absolute atomic E-state index is 12.9. The zero-order valence-corrected chi connectivity index (χ0v) is 14.5. The van der Waals surface area contributed by atoms with Gasteiger partial charge in [-0.25, -0.2) is 4.98 Å². The minimum absolute atomic E-state index is 0.00236. The average Bonchev–Trinajstić information content (AvgIpc) is 2.66. The van der Waals surface area contributed by atoms with E-state index in [4.69, 9.17) is 10.5 Å². The first-order valence-electron chi connectivity index (χ1n) is 8.75. The molecular formula is C19H24N4O2. The molecule has 0 spiro atoms. The number of piperidine rings is 1. The van der Waals surface area contributed by atoms with Gasteiger partial charge in [-0.3, -0.25) is 9.78 Å². The lowest BCUT2D eigenvalue weighted by Gasteiger charge is -2.32. The Morgan fingerprint density at radius 1 is 1.32 bits per heavy atom. The molecule has 1 saturated heterocycles. The van der Waals surface area contributed by atoms with E-state index in [1.165, 1.54) is 0 Å². The van der Waals surface area contributed by atoms with Gasteiger partial charge in [0.15, 0.2) is 0 Å². The number of carbonyl (C=O) groups is 1. The first kappa shape index (κ1) is 17.4. The molecule has 1 aliphatic heterocycles. The minimum Gasteiger partial charge on any atom is -0.384 e. The van der Waals surface area contributed by atoms with Gasteiger partial charge in [-0.05, 0) is 37.5 Å². The van der Waals surface area contributed by atoms with Gasteiger partial charge >= 0.3 is 0 Å². The molecule has 2 aromatic heterocycles. The van der Waals surface area contributed by atoms with Crippen molar-refractivity contribution >= 4 is 11.7 Å². The van der Waals surface area contributed by atoms with Crippen LogP contribution >= 0.6 is 0 Å². The van der Waals surface area contributed by atoms with E-state index in [2.05, 4.69) is 16.9 Å². The summed E-state index contributed by atoms with van der Waals surface area (Å²) in [4.78, 5) is 23.0. The summed E-state index contributed by atoms with van der Waals surface area (Å²) in [5.41, 5.74) is 7.96. The molecule has 132 valence electrons. The Balaban J connectivity index is 1.73. The molecule has 25 heavy (non-hydrogen) atoms. The minimum atomic E-state index is 0.00236. The highest BCUT2D eigenvalue weighted by molar-refractivity contribution is 5.95. The third-order valence-electron chi connectivity index (χ3n) is 4.33. The number of nitrogen functional groups attached to an aromatic ring is 1. The highest BCUT2D eigenvalue weighted by atomic mass is 16.5. The van der Waals surface area contributed by atoms with E-state index in [1.807, 2.05) is 17.0 Å². The van der Waals surface area contributed by atoms with Gasteiger partial charge in [-0.2, -0.15) is 0 Å². The molecule has 0 saturated carbocycles. The van der Waals surface area contributed by atoms with Crippen molar-refractivity contribution in [2.45, 2.75) is 32.3 Å². The molecule has 3 rings (SSSR count). The van der Waals surface area contributed by atoms with Gasteiger partial charge in [0, 0.05) is 49.4 Å². The molecule has 0 radical (unpaired) electrons. The summed E-state index contributed by atoms with van der Waals surface area (Å²) in [6, 6.07) is 5.48. The van der Waals surface area contributed by atoms with E-state index < -0.39 is 0 Å². The number of anilines is 1. The highest BCUT2D eigenvalue weighted by Gasteiger charge is 2.25. The van der Waals surface area contributed by atoms with E-state index in [1.54, 1.807) is 24.7 Å². The lowest BCUT2D eigenvalue weighted by Crippen LogP contribution is -2.43. The molecule has 2 aromatic rings. The van der Waals surface area contributed by atoms with Crippen LogP contribution in [0.1, 0.15) is 36.5 Å². The van der Waals surface area contributed by atoms with Crippen molar-refractivity contribution in [2.24, 2.45) is 0 Å². The van der Waals surface area contributed by atoms with Gasteiger partial charge in [0.25, 0.3) is 5.91 Å². The maximum Gasteiger partial charge on any atom is 0.255 e. The summed E-state index contributed by atoms with van der Waals surface area (Å²) in [6.07, 6.45) is 8.15. The number of likely N-dealkylation sites (tertiary alicyclic amines) is 1. The van der Waals surface area contributed by atoms with Crippen molar-refractivity contribution in [3.8, 4) is 11.1 Å². The van der Waals surface area contributed by atoms with E-state index in [-0.39, 0.29) is 12.0 Å². The Kier molecular flexibility index (Phi) is 5.60. The molecule has 2 N–H and O–H groups in total. The number of carbonyl (C=O) groups excluding carboxylic acids is 1. The van der Waals surface area contributed by atoms with Crippen LogP contribution in [0.3, 0.4) is 0 Å². The molecule has 6 nitrogen and oxygen atoms in total. The summed E-state index contributed by atoms with van der Waals surface area (Å²) in [6.45, 7) is 4.24. The Hall–Kier alpha value is -2.47. The SMILES string of the molecule is CCCO[C@H]1CCCN(C(=O)c2cncc(-c3ccc(N)nc3)c2)C1. The van der Waals surface area contributed by atoms with Gasteiger partial charge in [-0.1, -0.05) is 6.92 Å². The van der Waals surface area contributed by atoms with Crippen LogP contribution in [0.4, 0.5) is 5.82 Å². The van der Waals surface area contributed by atoms with Crippen molar-refractivity contribution in [1.29, 1.82) is 0 Å². The Labute approximate surface area is 148 Å². The number of rotatable bonds is 5. The van der Waals surface area contributed by atoms with E-state index >= 15 is 0 Å². The molecule has 1 atom stereocenters. The molecule has 6 heteroatoms. The fraction of sp³-hybridized carbons (Fsp3) is 0.421. The van der Waals surface area contributed by atoms with Crippen LogP contribution in [0.15, 0.2) is 36.8 Å². The summed E-state index contributed by atoms with van der Waals surface area (Å²) >= 11 is 0. The normalized spacial score (nSPS) is 17.5. The second-order valence-electron chi connectivity index (χ2n) is 6.32. The van der Waals surface area contributed by atoms with Crippen LogP contribution in [0.25, 0.3) is 11.1 Å². The molecule has 0 unspecified atom stereocenters. The first-order valence-corrected chi connectivity index (χ1v) is 8.75. The van der Waals surface area contributed by atoms with Crippen LogP contribution in [0, 0.1) is 0 Å². The predicted molar refractivity (Wildman–Crippen MR) is 97.0 cm³/mol. The largest absolute Gasteiger partial charge is 0.384 e. The number of hydrogen-bond donors (Lipinski definition) is 1. The quantitative estimate of drug-likeness (QED) is 0.905. The Morgan fingerprint density at radius 2 is 2.20 bits per heavy atom.